The van der Waals surface area contributed by atoms with Gasteiger partial charge in [-0.15, -0.1) is 0 Å². The third kappa shape index (κ3) is 5.36. The van der Waals surface area contributed by atoms with Crippen molar-refractivity contribution in [1.82, 2.24) is 5.43 Å². The second-order valence-corrected chi connectivity index (χ2v) is 6.93. The van der Waals surface area contributed by atoms with E-state index in [4.69, 9.17) is 9.47 Å². The largest absolute Gasteiger partial charge is 0.504 e. The maximum Gasteiger partial charge on any atom is 0.275 e. The van der Waals surface area contributed by atoms with Gasteiger partial charge in [0.15, 0.2) is 11.5 Å². The quantitative estimate of drug-likeness (QED) is 0.406. The van der Waals surface area contributed by atoms with Gasteiger partial charge in [-0.25, -0.2) is 5.43 Å². The van der Waals surface area contributed by atoms with Gasteiger partial charge in [0.2, 0.25) is 0 Å². The molecule has 0 aliphatic carbocycles. The van der Waals surface area contributed by atoms with Crippen LogP contribution < -0.4 is 14.9 Å². The van der Waals surface area contributed by atoms with Gasteiger partial charge in [0.25, 0.3) is 5.91 Å². The summed E-state index contributed by atoms with van der Waals surface area (Å²) in [6.45, 7) is 0.324. The number of aromatic hydroxyl groups is 1. The highest BCUT2D eigenvalue weighted by Gasteiger charge is 2.12. The Morgan fingerprint density at radius 2 is 1.86 bits per heavy atom. The van der Waals surface area contributed by atoms with E-state index in [1.807, 2.05) is 24.3 Å². The summed E-state index contributed by atoms with van der Waals surface area (Å²) in [7, 11) is 1.46. The minimum absolute atomic E-state index is 0.0502. The van der Waals surface area contributed by atoms with E-state index in [1.165, 1.54) is 13.3 Å². The number of phenols is 1. The van der Waals surface area contributed by atoms with Crippen LogP contribution in [-0.4, -0.2) is 24.3 Å². The van der Waals surface area contributed by atoms with Gasteiger partial charge in [-0.1, -0.05) is 46.3 Å². The molecular formula is C22H19BrN2O4. The van der Waals surface area contributed by atoms with Crippen LogP contribution >= 0.6 is 15.9 Å². The SMILES string of the molecule is COc1cccc(/C=N\NC(=O)c2ccccc2OCc2cccc(Br)c2)c1O. The first kappa shape index (κ1) is 20.4. The van der Waals surface area contributed by atoms with Crippen molar-refractivity contribution in [3.63, 3.8) is 0 Å². The molecule has 0 radical (unpaired) electrons. The number of ether oxygens (including phenoxy) is 2. The number of hydrazone groups is 1. The van der Waals surface area contributed by atoms with Gasteiger partial charge in [0, 0.05) is 10.0 Å². The van der Waals surface area contributed by atoms with E-state index >= 15 is 0 Å². The Bertz CT molecular complexity index is 1040. The van der Waals surface area contributed by atoms with E-state index in [2.05, 4.69) is 26.5 Å². The molecule has 7 heteroatoms. The molecule has 3 rings (SSSR count). The molecular weight excluding hydrogens is 436 g/mol. The van der Waals surface area contributed by atoms with E-state index < -0.39 is 5.91 Å². The summed E-state index contributed by atoms with van der Waals surface area (Å²) in [5.74, 6) is 0.301. The molecule has 3 aromatic rings. The molecule has 0 bridgehead atoms. The number of carbonyl (C=O) groups is 1. The molecule has 0 unspecified atom stereocenters. The van der Waals surface area contributed by atoms with Crippen molar-refractivity contribution in [1.29, 1.82) is 0 Å². The van der Waals surface area contributed by atoms with Crippen LogP contribution in [0.3, 0.4) is 0 Å². The fourth-order valence-corrected chi connectivity index (χ4v) is 3.04. The Labute approximate surface area is 176 Å². The van der Waals surface area contributed by atoms with Gasteiger partial charge in [-0.3, -0.25) is 4.79 Å². The van der Waals surface area contributed by atoms with Crippen molar-refractivity contribution >= 4 is 28.1 Å². The molecule has 0 aliphatic rings. The molecule has 0 fully saturated rings. The van der Waals surface area contributed by atoms with Crippen LogP contribution in [0.5, 0.6) is 17.2 Å². The second kappa shape index (κ2) is 9.75. The first-order chi connectivity index (χ1) is 14.1. The highest BCUT2D eigenvalue weighted by atomic mass is 79.9. The van der Waals surface area contributed by atoms with E-state index in [0.29, 0.717) is 29.2 Å². The van der Waals surface area contributed by atoms with Crippen molar-refractivity contribution in [2.24, 2.45) is 5.10 Å². The number of hydrogen-bond acceptors (Lipinski definition) is 5. The molecule has 3 aromatic carbocycles. The van der Waals surface area contributed by atoms with E-state index in [0.717, 1.165) is 10.0 Å². The number of nitrogens with zero attached hydrogens (tertiary/aromatic N) is 1. The molecule has 0 atom stereocenters. The van der Waals surface area contributed by atoms with Crippen LogP contribution in [0.15, 0.2) is 76.3 Å². The Morgan fingerprint density at radius 3 is 2.66 bits per heavy atom. The summed E-state index contributed by atoms with van der Waals surface area (Å²) in [5.41, 5.74) is 4.20. The third-order valence-electron chi connectivity index (χ3n) is 4.03. The molecule has 0 saturated heterocycles. The monoisotopic (exact) mass is 454 g/mol. The third-order valence-corrected chi connectivity index (χ3v) is 4.53. The lowest BCUT2D eigenvalue weighted by Crippen LogP contribution is -2.18. The summed E-state index contributed by atoms with van der Waals surface area (Å²) >= 11 is 3.43. The van der Waals surface area contributed by atoms with Gasteiger partial charge in [0.1, 0.15) is 12.4 Å². The highest BCUT2D eigenvalue weighted by molar-refractivity contribution is 9.10. The number of hydrogen-bond donors (Lipinski definition) is 2. The Morgan fingerprint density at radius 1 is 1.10 bits per heavy atom. The van der Waals surface area contributed by atoms with Crippen molar-refractivity contribution in [3.8, 4) is 17.2 Å². The molecule has 0 saturated carbocycles. The maximum absolute atomic E-state index is 12.5. The van der Waals surface area contributed by atoms with Crippen LogP contribution in [0.2, 0.25) is 0 Å². The predicted octanol–water partition coefficient (Wildman–Crippen LogP) is 4.51. The molecule has 0 aromatic heterocycles. The number of carbonyl (C=O) groups excluding carboxylic acids is 1. The standard InChI is InChI=1S/C22H19BrN2O4/c1-28-20-11-5-7-16(21(20)26)13-24-25-22(27)18-9-2-3-10-19(18)29-14-15-6-4-8-17(23)12-15/h2-13,26H,14H2,1H3,(H,25,27)/b24-13-. The summed E-state index contributed by atoms with van der Waals surface area (Å²) in [6.07, 6.45) is 1.35. The van der Waals surface area contributed by atoms with Crippen molar-refractivity contribution in [2.45, 2.75) is 6.61 Å². The summed E-state index contributed by atoms with van der Waals surface area (Å²) in [5, 5.41) is 14.0. The number of rotatable bonds is 7. The van der Waals surface area contributed by atoms with Gasteiger partial charge in [-0.05, 0) is 42.0 Å². The first-order valence-electron chi connectivity index (χ1n) is 8.74. The number of amides is 1. The van der Waals surface area contributed by atoms with E-state index in [9.17, 15) is 9.90 Å². The van der Waals surface area contributed by atoms with Crippen LogP contribution in [0.1, 0.15) is 21.5 Å². The molecule has 6 nitrogen and oxygen atoms in total. The number of methoxy groups -OCH3 is 1. The predicted molar refractivity (Wildman–Crippen MR) is 115 cm³/mol. The molecule has 0 heterocycles. The average Bonchev–Trinajstić information content (AvgIpc) is 2.73. The molecule has 1 amide bonds. The minimum atomic E-state index is -0.423. The summed E-state index contributed by atoms with van der Waals surface area (Å²) < 4.78 is 11.8. The lowest BCUT2D eigenvalue weighted by molar-refractivity contribution is 0.0950. The summed E-state index contributed by atoms with van der Waals surface area (Å²) in [6, 6.07) is 19.7. The lowest BCUT2D eigenvalue weighted by atomic mass is 10.2. The Kier molecular flexibility index (Phi) is 6.86. The topological polar surface area (TPSA) is 80.2 Å². The van der Waals surface area contributed by atoms with Gasteiger partial charge in [0.05, 0.1) is 18.9 Å². The molecule has 148 valence electrons. The second-order valence-electron chi connectivity index (χ2n) is 6.01. The normalized spacial score (nSPS) is 10.7. The van der Waals surface area contributed by atoms with Crippen molar-refractivity contribution < 1.29 is 19.4 Å². The number of halogens is 1. The van der Waals surface area contributed by atoms with Crippen molar-refractivity contribution in [2.75, 3.05) is 7.11 Å². The number of benzene rings is 3. The minimum Gasteiger partial charge on any atom is -0.504 e. The van der Waals surface area contributed by atoms with Crippen LogP contribution in [0.25, 0.3) is 0 Å². The molecule has 0 aliphatic heterocycles. The zero-order chi connectivity index (χ0) is 20.6. The number of nitrogens with one attached hydrogen (secondary N) is 1. The summed E-state index contributed by atoms with van der Waals surface area (Å²) in [4.78, 5) is 12.5. The van der Waals surface area contributed by atoms with Crippen LogP contribution in [0.4, 0.5) is 0 Å². The number of para-hydroxylation sites is 2. The van der Waals surface area contributed by atoms with Crippen LogP contribution in [0, 0.1) is 0 Å². The number of phenolic OH excluding ortho intramolecular Hbond substituents is 1. The zero-order valence-corrected chi connectivity index (χ0v) is 17.2. The molecule has 29 heavy (non-hydrogen) atoms. The van der Waals surface area contributed by atoms with Gasteiger partial charge in [-0.2, -0.15) is 5.10 Å². The lowest BCUT2D eigenvalue weighted by Gasteiger charge is -2.11. The fourth-order valence-electron chi connectivity index (χ4n) is 2.60. The average molecular weight is 455 g/mol. The highest BCUT2D eigenvalue weighted by Crippen LogP contribution is 2.28. The van der Waals surface area contributed by atoms with Gasteiger partial charge < -0.3 is 14.6 Å². The smallest absolute Gasteiger partial charge is 0.275 e. The fraction of sp³-hybridized carbons (Fsp3) is 0.0909. The van der Waals surface area contributed by atoms with E-state index in [-0.39, 0.29) is 5.75 Å². The molecule has 2 N–H and O–H groups in total. The molecule has 0 spiro atoms. The first-order valence-corrected chi connectivity index (χ1v) is 9.53. The Hall–Kier alpha value is -3.32. The van der Waals surface area contributed by atoms with Gasteiger partial charge >= 0.3 is 0 Å². The maximum atomic E-state index is 12.5. The van der Waals surface area contributed by atoms with Crippen molar-refractivity contribution in [3.05, 3.63) is 87.9 Å². The zero-order valence-electron chi connectivity index (χ0n) is 15.6. The Balaban J connectivity index is 1.68. The van der Waals surface area contributed by atoms with E-state index in [1.54, 1.807) is 42.5 Å². The van der Waals surface area contributed by atoms with Crippen LogP contribution in [-0.2, 0) is 6.61 Å².